The molecule has 1 amide bonds. The summed E-state index contributed by atoms with van der Waals surface area (Å²) in [6.07, 6.45) is 7.37. The zero-order valence-electron chi connectivity index (χ0n) is 11.3. The van der Waals surface area contributed by atoms with Gasteiger partial charge in [-0.15, -0.1) is 0 Å². The number of piperazine rings is 1. The van der Waals surface area contributed by atoms with E-state index in [1.165, 1.54) is 18.4 Å². The van der Waals surface area contributed by atoms with Gasteiger partial charge in [-0.3, -0.25) is 14.5 Å². The van der Waals surface area contributed by atoms with Gasteiger partial charge in [-0.25, -0.2) is 0 Å². The van der Waals surface area contributed by atoms with Gasteiger partial charge in [-0.1, -0.05) is 11.6 Å². The molecule has 0 aromatic carbocycles. The summed E-state index contributed by atoms with van der Waals surface area (Å²) in [4.78, 5) is 26.5. The number of carboxylic acid groups (broad SMARTS) is 1. The molecule has 2 aliphatic rings. The summed E-state index contributed by atoms with van der Waals surface area (Å²) in [5, 5.41) is 8.73. The maximum absolute atomic E-state index is 12.1. The zero-order valence-corrected chi connectivity index (χ0v) is 11.3. The molecule has 19 heavy (non-hydrogen) atoms. The predicted molar refractivity (Wildman–Crippen MR) is 71.8 cm³/mol. The van der Waals surface area contributed by atoms with Crippen LogP contribution in [0.3, 0.4) is 0 Å². The number of carbonyl (C=O) groups is 2. The summed E-state index contributed by atoms with van der Waals surface area (Å²) in [6, 6.07) is 0. The minimum absolute atomic E-state index is 0.0766. The summed E-state index contributed by atoms with van der Waals surface area (Å²) in [6.45, 7) is 2.71. The minimum atomic E-state index is -0.799. The second-order valence-electron chi connectivity index (χ2n) is 5.34. The molecular weight excluding hydrogens is 244 g/mol. The van der Waals surface area contributed by atoms with Crippen molar-refractivity contribution in [3.63, 3.8) is 0 Å². The lowest BCUT2D eigenvalue weighted by Crippen LogP contribution is -2.49. The van der Waals surface area contributed by atoms with Gasteiger partial charge >= 0.3 is 5.97 Å². The van der Waals surface area contributed by atoms with Crippen molar-refractivity contribution in [1.82, 2.24) is 9.80 Å². The zero-order chi connectivity index (χ0) is 13.7. The molecule has 0 aromatic rings. The third-order valence-electron chi connectivity index (χ3n) is 3.85. The third-order valence-corrected chi connectivity index (χ3v) is 3.85. The van der Waals surface area contributed by atoms with Crippen molar-refractivity contribution in [3.05, 3.63) is 11.6 Å². The molecule has 1 aliphatic carbocycles. The molecule has 0 aromatic heterocycles. The lowest BCUT2D eigenvalue weighted by atomic mass is 9.97. The molecule has 0 atom stereocenters. The first-order valence-corrected chi connectivity index (χ1v) is 7.05. The molecule has 5 nitrogen and oxygen atoms in total. The van der Waals surface area contributed by atoms with Crippen LogP contribution in [-0.4, -0.2) is 59.5 Å². The van der Waals surface area contributed by atoms with Crippen LogP contribution in [0.15, 0.2) is 11.6 Å². The molecule has 1 fully saturated rings. The average molecular weight is 266 g/mol. The van der Waals surface area contributed by atoms with Crippen molar-refractivity contribution >= 4 is 11.9 Å². The maximum Gasteiger partial charge on any atom is 0.317 e. The Morgan fingerprint density at radius 3 is 2.47 bits per heavy atom. The van der Waals surface area contributed by atoms with Gasteiger partial charge < -0.3 is 10.0 Å². The van der Waals surface area contributed by atoms with Gasteiger partial charge in [0.15, 0.2) is 0 Å². The number of hydrogen-bond acceptors (Lipinski definition) is 3. The number of allylic oxidation sites excluding steroid dienone is 1. The highest BCUT2D eigenvalue weighted by atomic mass is 16.4. The van der Waals surface area contributed by atoms with Gasteiger partial charge in [-0.05, 0) is 25.7 Å². The normalized spacial score (nSPS) is 21.1. The molecule has 5 heteroatoms. The molecule has 106 valence electrons. The van der Waals surface area contributed by atoms with E-state index in [1.807, 2.05) is 9.80 Å². The van der Waals surface area contributed by atoms with Gasteiger partial charge in [0.05, 0.1) is 6.54 Å². The van der Waals surface area contributed by atoms with E-state index in [-0.39, 0.29) is 12.5 Å². The second kappa shape index (κ2) is 6.70. The van der Waals surface area contributed by atoms with Gasteiger partial charge in [-0.2, -0.15) is 0 Å². The van der Waals surface area contributed by atoms with Crippen LogP contribution < -0.4 is 0 Å². The molecule has 1 N–H and O–H groups in total. The van der Waals surface area contributed by atoms with Crippen LogP contribution in [0.4, 0.5) is 0 Å². The fourth-order valence-electron chi connectivity index (χ4n) is 2.72. The van der Waals surface area contributed by atoms with Gasteiger partial charge in [0.1, 0.15) is 0 Å². The number of carboxylic acids is 1. The lowest BCUT2D eigenvalue weighted by Gasteiger charge is -2.34. The molecule has 0 bridgehead atoms. The lowest BCUT2D eigenvalue weighted by molar-refractivity contribution is -0.139. The SMILES string of the molecule is O=C(O)CN1CCN(C(=O)CC2=CCCCC2)CC1. The molecule has 0 saturated carbocycles. The summed E-state index contributed by atoms with van der Waals surface area (Å²) in [5.74, 6) is -0.602. The highest BCUT2D eigenvalue weighted by Gasteiger charge is 2.22. The topological polar surface area (TPSA) is 60.9 Å². The van der Waals surface area contributed by atoms with Gasteiger partial charge in [0.25, 0.3) is 0 Å². The molecular formula is C14H22N2O3. The minimum Gasteiger partial charge on any atom is -0.480 e. The molecule has 1 aliphatic heterocycles. The van der Waals surface area contributed by atoms with E-state index < -0.39 is 5.97 Å². The van der Waals surface area contributed by atoms with Crippen LogP contribution in [0.2, 0.25) is 0 Å². The number of nitrogens with zero attached hydrogens (tertiary/aromatic N) is 2. The number of hydrogen-bond donors (Lipinski definition) is 1. The van der Waals surface area contributed by atoms with Crippen LogP contribution in [0.5, 0.6) is 0 Å². The molecule has 0 spiro atoms. The van der Waals surface area contributed by atoms with Crippen molar-refractivity contribution in [2.24, 2.45) is 0 Å². The van der Waals surface area contributed by atoms with E-state index in [0.717, 1.165) is 12.8 Å². The van der Waals surface area contributed by atoms with Crippen molar-refractivity contribution in [3.8, 4) is 0 Å². The van der Waals surface area contributed by atoms with Crippen LogP contribution in [0.25, 0.3) is 0 Å². The first kappa shape index (κ1) is 14.1. The Morgan fingerprint density at radius 2 is 1.89 bits per heavy atom. The smallest absolute Gasteiger partial charge is 0.317 e. The summed E-state index contributed by atoms with van der Waals surface area (Å²) < 4.78 is 0. The van der Waals surface area contributed by atoms with Crippen molar-refractivity contribution < 1.29 is 14.7 Å². The molecule has 2 rings (SSSR count). The van der Waals surface area contributed by atoms with Crippen LogP contribution in [0, 0.1) is 0 Å². The van der Waals surface area contributed by atoms with E-state index in [9.17, 15) is 9.59 Å². The third kappa shape index (κ3) is 4.35. The highest BCUT2D eigenvalue weighted by molar-refractivity contribution is 5.79. The Labute approximate surface area is 113 Å². The Balaban J connectivity index is 1.76. The number of aliphatic carboxylic acids is 1. The van der Waals surface area contributed by atoms with Crippen molar-refractivity contribution in [1.29, 1.82) is 0 Å². The molecule has 1 heterocycles. The Morgan fingerprint density at radius 1 is 1.16 bits per heavy atom. The predicted octanol–water partition coefficient (Wildman–Crippen LogP) is 1.11. The van der Waals surface area contributed by atoms with E-state index in [1.54, 1.807) is 0 Å². The van der Waals surface area contributed by atoms with E-state index in [2.05, 4.69) is 6.08 Å². The van der Waals surface area contributed by atoms with Crippen molar-refractivity contribution in [2.75, 3.05) is 32.7 Å². The van der Waals surface area contributed by atoms with Crippen LogP contribution >= 0.6 is 0 Å². The standard InChI is InChI=1S/C14H22N2O3/c17-13(10-12-4-2-1-3-5-12)16-8-6-15(7-9-16)11-14(18)19/h4H,1-3,5-11H2,(H,18,19). The largest absolute Gasteiger partial charge is 0.480 e. The van der Waals surface area contributed by atoms with Crippen LogP contribution in [0.1, 0.15) is 32.1 Å². The number of rotatable bonds is 4. The maximum atomic E-state index is 12.1. The Hall–Kier alpha value is -1.36. The number of carbonyl (C=O) groups excluding carboxylic acids is 1. The first-order chi connectivity index (χ1) is 9.15. The molecule has 0 unspecified atom stereocenters. The first-order valence-electron chi connectivity index (χ1n) is 7.05. The van der Waals surface area contributed by atoms with Crippen LogP contribution in [-0.2, 0) is 9.59 Å². The molecule has 0 radical (unpaired) electrons. The monoisotopic (exact) mass is 266 g/mol. The highest BCUT2D eigenvalue weighted by Crippen LogP contribution is 2.21. The van der Waals surface area contributed by atoms with E-state index >= 15 is 0 Å². The fourth-order valence-corrected chi connectivity index (χ4v) is 2.72. The Kier molecular flexibility index (Phi) is 4.96. The quantitative estimate of drug-likeness (QED) is 0.774. The average Bonchev–Trinajstić information content (AvgIpc) is 2.40. The van der Waals surface area contributed by atoms with Gasteiger partial charge in [0, 0.05) is 32.6 Å². The summed E-state index contributed by atoms with van der Waals surface area (Å²) in [5.41, 5.74) is 1.28. The Bertz CT molecular complexity index is 371. The number of amides is 1. The fraction of sp³-hybridized carbons (Fsp3) is 0.714. The molecule has 1 saturated heterocycles. The van der Waals surface area contributed by atoms with Crippen molar-refractivity contribution in [2.45, 2.75) is 32.1 Å². The summed E-state index contributed by atoms with van der Waals surface area (Å²) >= 11 is 0. The summed E-state index contributed by atoms with van der Waals surface area (Å²) in [7, 11) is 0. The van der Waals surface area contributed by atoms with E-state index in [0.29, 0.717) is 32.6 Å². The van der Waals surface area contributed by atoms with E-state index in [4.69, 9.17) is 5.11 Å². The van der Waals surface area contributed by atoms with Gasteiger partial charge in [0.2, 0.25) is 5.91 Å². The second-order valence-corrected chi connectivity index (χ2v) is 5.34.